The Morgan fingerprint density at radius 1 is 1.29 bits per heavy atom. The van der Waals surface area contributed by atoms with E-state index in [1.165, 1.54) is 11.1 Å². The van der Waals surface area contributed by atoms with E-state index in [0.29, 0.717) is 6.04 Å². The van der Waals surface area contributed by atoms with Crippen LogP contribution in [0.25, 0.3) is 0 Å². The summed E-state index contributed by atoms with van der Waals surface area (Å²) in [5, 5.41) is 6.86. The van der Waals surface area contributed by atoms with Crippen molar-refractivity contribution in [1.82, 2.24) is 10.6 Å². The molecule has 96 valence electrons. The smallest absolute Gasteiger partial charge is 0.0587 e. The van der Waals surface area contributed by atoms with Crippen LogP contribution in [0.15, 0.2) is 24.3 Å². The van der Waals surface area contributed by atoms with Gasteiger partial charge in [-0.2, -0.15) is 0 Å². The van der Waals surface area contributed by atoms with Gasteiger partial charge in [-0.05, 0) is 25.0 Å². The molecule has 1 rings (SSSR count). The van der Waals surface area contributed by atoms with Crippen LogP contribution >= 0.6 is 0 Å². The first-order valence-electron chi connectivity index (χ1n) is 6.21. The fourth-order valence-electron chi connectivity index (χ4n) is 1.66. The summed E-state index contributed by atoms with van der Waals surface area (Å²) in [6, 6.07) is 8.96. The van der Waals surface area contributed by atoms with Crippen LogP contribution in [0.1, 0.15) is 18.1 Å². The molecule has 17 heavy (non-hydrogen) atoms. The maximum Gasteiger partial charge on any atom is 0.0587 e. The van der Waals surface area contributed by atoms with Gasteiger partial charge in [0.25, 0.3) is 0 Å². The van der Waals surface area contributed by atoms with E-state index in [1.54, 1.807) is 7.11 Å². The largest absolute Gasteiger partial charge is 0.383 e. The molecule has 0 aromatic heterocycles. The van der Waals surface area contributed by atoms with E-state index in [4.69, 9.17) is 4.74 Å². The molecular formula is C14H24N2O. The van der Waals surface area contributed by atoms with Gasteiger partial charge in [0.2, 0.25) is 0 Å². The van der Waals surface area contributed by atoms with Crippen molar-refractivity contribution in [2.45, 2.75) is 26.4 Å². The highest BCUT2D eigenvalue weighted by Gasteiger charge is 2.02. The SMILES string of the molecule is COCCNCC(C)NCc1ccccc1C. The van der Waals surface area contributed by atoms with Gasteiger partial charge in [0, 0.05) is 32.8 Å². The molecule has 3 nitrogen and oxygen atoms in total. The standard InChI is InChI=1S/C14H24N2O/c1-12-6-4-5-7-14(12)11-16-13(2)10-15-8-9-17-3/h4-7,13,15-16H,8-11H2,1-3H3. The molecule has 2 N–H and O–H groups in total. The third kappa shape index (κ3) is 5.82. The van der Waals surface area contributed by atoms with Crippen molar-refractivity contribution < 1.29 is 4.74 Å². The van der Waals surface area contributed by atoms with Crippen LogP contribution in [0.3, 0.4) is 0 Å². The Labute approximate surface area is 105 Å². The third-order valence-corrected chi connectivity index (χ3v) is 2.84. The molecule has 0 aliphatic rings. The minimum absolute atomic E-state index is 0.464. The molecule has 0 heterocycles. The molecule has 0 aliphatic heterocycles. The second-order valence-corrected chi connectivity index (χ2v) is 4.41. The van der Waals surface area contributed by atoms with Crippen LogP contribution in [-0.2, 0) is 11.3 Å². The number of ether oxygens (including phenoxy) is 1. The van der Waals surface area contributed by atoms with E-state index in [0.717, 1.165) is 26.2 Å². The quantitative estimate of drug-likeness (QED) is 0.674. The van der Waals surface area contributed by atoms with Crippen molar-refractivity contribution in [3.63, 3.8) is 0 Å². The van der Waals surface area contributed by atoms with E-state index < -0.39 is 0 Å². The van der Waals surface area contributed by atoms with Crippen LogP contribution in [0, 0.1) is 6.92 Å². The van der Waals surface area contributed by atoms with Crippen molar-refractivity contribution in [2.24, 2.45) is 0 Å². The molecule has 1 aromatic rings. The summed E-state index contributed by atoms with van der Waals surface area (Å²) < 4.78 is 4.99. The zero-order valence-electron chi connectivity index (χ0n) is 11.1. The minimum atomic E-state index is 0.464. The molecule has 0 spiro atoms. The Morgan fingerprint density at radius 3 is 2.76 bits per heavy atom. The highest BCUT2D eigenvalue weighted by atomic mass is 16.5. The average molecular weight is 236 g/mol. The molecule has 1 atom stereocenters. The summed E-state index contributed by atoms with van der Waals surface area (Å²) in [6.45, 7) is 7.92. The second-order valence-electron chi connectivity index (χ2n) is 4.41. The van der Waals surface area contributed by atoms with Gasteiger partial charge in [-0.3, -0.25) is 0 Å². The maximum atomic E-state index is 4.99. The summed E-state index contributed by atoms with van der Waals surface area (Å²) in [4.78, 5) is 0. The Kier molecular flexibility index (Phi) is 6.86. The Morgan fingerprint density at radius 2 is 2.06 bits per heavy atom. The summed E-state index contributed by atoms with van der Waals surface area (Å²) in [5.41, 5.74) is 2.72. The summed E-state index contributed by atoms with van der Waals surface area (Å²) >= 11 is 0. The summed E-state index contributed by atoms with van der Waals surface area (Å²) in [5.74, 6) is 0. The number of hydrogen-bond acceptors (Lipinski definition) is 3. The summed E-state index contributed by atoms with van der Waals surface area (Å²) in [6.07, 6.45) is 0. The highest BCUT2D eigenvalue weighted by molar-refractivity contribution is 5.25. The average Bonchev–Trinajstić information content (AvgIpc) is 2.34. The normalized spacial score (nSPS) is 12.6. The molecule has 1 unspecified atom stereocenters. The lowest BCUT2D eigenvalue weighted by Crippen LogP contribution is -2.37. The van der Waals surface area contributed by atoms with E-state index in [9.17, 15) is 0 Å². The topological polar surface area (TPSA) is 33.3 Å². The van der Waals surface area contributed by atoms with E-state index in [2.05, 4.69) is 48.7 Å². The van der Waals surface area contributed by atoms with Crippen molar-refractivity contribution >= 4 is 0 Å². The number of aryl methyl sites for hydroxylation is 1. The van der Waals surface area contributed by atoms with Crippen LogP contribution in [-0.4, -0.2) is 32.8 Å². The molecule has 0 aliphatic carbocycles. The van der Waals surface area contributed by atoms with Gasteiger partial charge in [0.05, 0.1) is 6.61 Å². The zero-order chi connectivity index (χ0) is 12.5. The lowest BCUT2D eigenvalue weighted by atomic mass is 10.1. The van der Waals surface area contributed by atoms with Gasteiger partial charge in [-0.15, -0.1) is 0 Å². The van der Waals surface area contributed by atoms with Gasteiger partial charge in [-0.1, -0.05) is 24.3 Å². The Bertz CT molecular complexity index is 315. The van der Waals surface area contributed by atoms with Crippen molar-refractivity contribution in [3.05, 3.63) is 35.4 Å². The fourth-order valence-corrected chi connectivity index (χ4v) is 1.66. The lowest BCUT2D eigenvalue weighted by molar-refractivity contribution is 0.198. The first-order valence-corrected chi connectivity index (χ1v) is 6.21. The first-order chi connectivity index (χ1) is 8.24. The molecule has 1 aromatic carbocycles. The Balaban J connectivity index is 2.19. The Hall–Kier alpha value is -0.900. The van der Waals surface area contributed by atoms with Gasteiger partial charge in [0.15, 0.2) is 0 Å². The van der Waals surface area contributed by atoms with Crippen molar-refractivity contribution in [1.29, 1.82) is 0 Å². The third-order valence-electron chi connectivity index (χ3n) is 2.84. The second kappa shape index (κ2) is 8.23. The molecule has 0 radical (unpaired) electrons. The van der Waals surface area contributed by atoms with Gasteiger partial charge in [-0.25, -0.2) is 0 Å². The molecular weight excluding hydrogens is 212 g/mol. The van der Waals surface area contributed by atoms with Gasteiger partial charge >= 0.3 is 0 Å². The monoisotopic (exact) mass is 236 g/mol. The molecule has 0 bridgehead atoms. The first kappa shape index (κ1) is 14.2. The van der Waals surface area contributed by atoms with Gasteiger partial charge < -0.3 is 15.4 Å². The van der Waals surface area contributed by atoms with E-state index in [1.807, 2.05) is 0 Å². The van der Waals surface area contributed by atoms with Crippen LogP contribution in [0.4, 0.5) is 0 Å². The predicted octanol–water partition coefficient (Wildman–Crippen LogP) is 1.71. The number of hydrogen-bond donors (Lipinski definition) is 2. The van der Waals surface area contributed by atoms with Crippen LogP contribution in [0.2, 0.25) is 0 Å². The zero-order valence-corrected chi connectivity index (χ0v) is 11.1. The summed E-state index contributed by atoms with van der Waals surface area (Å²) in [7, 11) is 1.72. The van der Waals surface area contributed by atoms with E-state index >= 15 is 0 Å². The lowest BCUT2D eigenvalue weighted by Gasteiger charge is -2.15. The van der Waals surface area contributed by atoms with Crippen molar-refractivity contribution in [2.75, 3.05) is 26.8 Å². The van der Waals surface area contributed by atoms with E-state index in [-0.39, 0.29) is 0 Å². The molecule has 3 heteroatoms. The molecule has 0 saturated heterocycles. The fraction of sp³-hybridized carbons (Fsp3) is 0.571. The molecule has 0 fully saturated rings. The number of rotatable bonds is 8. The van der Waals surface area contributed by atoms with Crippen LogP contribution in [0.5, 0.6) is 0 Å². The molecule has 0 saturated carbocycles. The number of methoxy groups -OCH3 is 1. The van der Waals surface area contributed by atoms with Gasteiger partial charge in [0.1, 0.15) is 0 Å². The maximum absolute atomic E-state index is 4.99. The number of nitrogens with one attached hydrogen (secondary N) is 2. The highest BCUT2D eigenvalue weighted by Crippen LogP contribution is 2.06. The molecule has 0 amide bonds. The number of benzene rings is 1. The predicted molar refractivity (Wildman–Crippen MR) is 72.2 cm³/mol. The van der Waals surface area contributed by atoms with Crippen LogP contribution < -0.4 is 10.6 Å². The van der Waals surface area contributed by atoms with Crippen molar-refractivity contribution in [3.8, 4) is 0 Å². The minimum Gasteiger partial charge on any atom is -0.383 e.